The van der Waals surface area contributed by atoms with Crippen LogP contribution in [0.4, 0.5) is 5.82 Å². The first kappa shape index (κ1) is 16.3. The predicted molar refractivity (Wildman–Crippen MR) is 96.4 cm³/mol. The SMILES string of the molecule is COc1ccsc1C(C)NCc1ccnc(N2CCCCC2)c1. The van der Waals surface area contributed by atoms with Crippen LogP contribution in [0.5, 0.6) is 5.75 Å². The number of hydrogen-bond acceptors (Lipinski definition) is 5. The molecule has 2 aromatic heterocycles. The number of anilines is 1. The Balaban J connectivity index is 1.61. The third-order valence-electron chi connectivity index (χ3n) is 4.37. The highest BCUT2D eigenvalue weighted by Crippen LogP contribution is 2.30. The zero-order valence-electron chi connectivity index (χ0n) is 13.9. The maximum Gasteiger partial charge on any atom is 0.134 e. The van der Waals surface area contributed by atoms with Crippen molar-refractivity contribution in [3.63, 3.8) is 0 Å². The van der Waals surface area contributed by atoms with Crippen molar-refractivity contribution in [2.45, 2.75) is 38.8 Å². The Kier molecular flexibility index (Phi) is 5.51. The molecule has 0 saturated carbocycles. The van der Waals surface area contributed by atoms with Gasteiger partial charge >= 0.3 is 0 Å². The van der Waals surface area contributed by atoms with E-state index < -0.39 is 0 Å². The van der Waals surface area contributed by atoms with E-state index in [1.165, 1.54) is 29.7 Å². The Bertz CT molecular complexity index is 622. The van der Waals surface area contributed by atoms with Gasteiger partial charge in [0.1, 0.15) is 11.6 Å². The molecule has 1 aliphatic heterocycles. The monoisotopic (exact) mass is 331 g/mol. The van der Waals surface area contributed by atoms with Gasteiger partial charge in [0.15, 0.2) is 0 Å². The Morgan fingerprint density at radius 1 is 1.30 bits per heavy atom. The largest absolute Gasteiger partial charge is 0.496 e. The van der Waals surface area contributed by atoms with E-state index in [9.17, 15) is 0 Å². The van der Waals surface area contributed by atoms with Gasteiger partial charge in [-0.25, -0.2) is 4.98 Å². The van der Waals surface area contributed by atoms with Crippen LogP contribution in [-0.4, -0.2) is 25.2 Å². The molecule has 5 heteroatoms. The predicted octanol–water partition coefficient (Wildman–Crippen LogP) is 3.99. The Morgan fingerprint density at radius 3 is 2.91 bits per heavy atom. The second kappa shape index (κ2) is 7.79. The molecule has 0 radical (unpaired) electrons. The summed E-state index contributed by atoms with van der Waals surface area (Å²) in [5.41, 5.74) is 1.28. The summed E-state index contributed by atoms with van der Waals surface area (Å²) in [6.45, 7) is 5.28. The van der Waals surface area contributed by atoms with Crippen LogP contribution < -0.4 is 15.0 Å². The minimum absolute atomic E-state index is 0.275. The number of nitrogens with zero attached hydrogens (tertiary/aromatic N) is 2. The number of methoxy groups -OCH3 is 1. The molecule has 1 N–H and O–H groups in total. The van der Waals surface area contributed by atoms with Gasteiger partial charge in [0.25, 0.3) is 0 Å². The van der Waals surface area contributed by atoms with Crippen LogP contribution in [0.2, 0.25) is 0 Å². The van der Waals surface area contributed by atoms with Gasteiger partial charge in [-0.1, -0.05) is 0 Å². The van der Waals surface area contributed by atoms with Crippen LogP contribution in [0.1, 0.15) is 42.7 Å². The van der Waals surface area contributed by atoms with Gasteiger partial charge in [-0.3, -0.25) is 0 Å². The summed E-state index contributed by atoms with van der Waals surface area (Å²) in [5, 5.41) is 5.67. The Hall–Kier alpha value is -1.59. The number of nitrogens with one attached hydrogen (secondary N) is 1. The Labute approximate surface area is 142 Å². The lowest BCUT2D eigenvalue weighted by Crippen LogP contribution is -2.30. The van der Waals surface area contributed by atoms with E-state index >= 15 is 0 Å². The van der Waals surface area contributed by atoms with E-state index in [0.29, 0.717) is 0 Å². The molecule has 3 heterocycles. The molecule has 1 unspecified atom stereocenters. The van der Waals surface area contributed by atoms with Crippen molar-refractivity contribution >= 4 is 17.2 Å². The highest BCUT2D eigenvalue weighted by molar-refractivity contribution is 7.10. The summed E-state index contributed by atoms with van der Waals surface area (Å²) >= 11 is 1.74. The molecule has 1 saturated heterocycles. The maximum atomic E-state index is 5.41. The molecule has 0 spiro atoms. The zero-order valence-corrected chi connectivity index (χ0v) is 14.7. The van der Waals surface area contributed by atoms with Crippen molar-refractivity contribution in [1.82, 2.24) is 10.3 Å². The van der Waals surface area contributed by atoms with Crippen LogP contribution in [-0.2, 0) is 6.54 Å². The van der Waals surface area contributed by atoms with Crippen molar-refractivity contribution in [3.8, 4) is 5.75 Å². The first-order valence-electron chi connectivity index (χ1n) is 8.32. The summed E-state index contributed by atoms with van der Waals surface area (Å²) in [6, 6.07) is 6.62. The molecular weight excluding hydrogens is 306 g/mol. The second-order valence-corrected chi connectivity index (χ2v) is 6.97. The lowest BCUT2D eigenvalue weighted by molar-refractivity contribution is 0.405. The molecule has 1 aliphatic rings. The van der Waals surface area contributed by atoms with Crippen LogP contribution in [0.3, 0.4) is 0 Å². The van der Waals surface area contributed by atoms with E-state index in [2.05, 4.69) is 39.6 Å². The van der Waals surface area contributed by atoms with Gasteiger partial charge in [-0.2, -0.15) is 0 Å². The lowest BCUT2D eigenvalue weighted by atomic mass is 10.1. The standard InChI is InChI=1S/C18H25N3OS/c1-14(18-16(22-2)7-11-23-18)20-13-15-6-8-19-17(12-15)21-9-4-3-5-10-21/h6-8,11-12,14,20H,3-5,9-10,13H2,1-2H3. The molecule has 1 fully saturated rings. The molecule has 0 amide bonds. The van der Waals surface area contributed by atoms with Crippen LogP contribution >= 0.6 is 11.3 Å². The fraction of sp³-hybridized carbons (Fsp3) is 0.500. The summed E-state index contributed by atoms with van der Waals surface area (Å²) < 4.78 is 5.41. The van der Waals surface area contributed by atoms with Crippen molar-refractivity contribution in [1.29, 1.82) is 0 Å². The molecular formula is C18H25N3OS. The summed E-state index contributed by atoms with van der Waals surface area (Å²) in [7, 11) is 1.73. The third kappa shape index (κ3) is 4.03. The van der Waals surface area contributed by atoms with Crippen molar-refractivity contribution in [2.75, 3.05) is 25.1 Å². The summed E-state index contributed by atoms with van der Waals surface area (Å²) in [6.07, 6.45) is 5.83. The number of ether oxygens (including phenoxy) is 1. The van der Waals surface area contributed by atoms with Crippen molar-refractivity contribution < 1.29 is 4.74 Å². The normalized spacial score (nSPS) is 16.3. The molecule has 0 bridgehead atoms. The van der Waals surface area contributed by atoms with Gasteiger partial charge < -0.3 is 15.0 Å². The van der Waals surface area contributed by atoms with Crippen molar-refractivity contribution in [3.05, 3.63) is 40.2 Å². The zero-order chi connectivity index (χ0) is 16.1. The summed E-state index contributed by atoms with van der Waals surface area (Å²) in [4.78, 5) is 8.20. The van der Waals surface area contributed by atoms with E-state index in [4.69, 9.17) is 4.74 Å². The van der Waals surface area contributed by atoms with Crippen LogP contribution in [0, 0.1) is 0 Å². The van der Waals surface area contributed by atoms with Crippen LogP contribution in [0.25, 0.3) is 0 Å². The number of rotatable bonds is 6. The lowest BCUT2D eigenvalue weighted by Gasteiger charge is -2.28. The molecule has 4 nitrogen and oxygen atoms in total. The van der Waals surface area contributed by atoms with E-state index in [1.807, 2.05) is 12.3 Å². The van der Waals surface area contributed by atoms with E-state index in [0.717, 1.165) is 31.2 Å². The highest BCUT2D eigenvalue weighted by Gasteiger charge is 2.14. The molecule has 0 aromatic carbocycles. The van der Waals surface area contributed by atoms with E-state index in [-0.39, 0.29) is 6.04 Å². The van der Waals surface area contributed by atoms with E-state index in [1.54, 1.807) is 18.4 Å². The molecule has 23 heavy (non-hydrogen) atoms. The average molecular weight is 331 g/mol. The molecule has 124 valence electrons. The Morgan fingerprint density at radius 2 is 2.13 bits per heavy atom. The molecule has 3 rings (SSSR count). The van der Waals surface area contributed by atoms with Gasteiger partial charge in [-0.05, 0) is 55.3 Å². The number of thiophene rings is 1. The minimum Gasteiger partial charge on any atom is -0.496 e. The quantitative estimate of drug-likeness (QED) is 0.868. The molecule has 1 atom stereocenters. The molecule has 0 aliphatic carbocycles. The van der Waals surface area contributed by atoms with Crippen LogP contribution in [0.15, 0.2) is 29.8 Å². The number of hydrogen-bond donors (Lipinski definition) is 1. The smallest absolute Gasteiger partial charge is 0.134 e. The van der Waals surface area contributed by atoms with Gasteiger partial charge in [0.05, 0.1) is 12.0 Å². The first-order chi connectivity index (χ1) is 11.3. The van der Waals surface area contributed by atoms with Gasteiger partial charge in [-0.15, -0.1) is 11.3 Å². The van der Waals surface area contributed by atoms with Crippen molar-refractivity contribution in [2.24, 2.45) is 0 Å². The fourth-order valence-electron chi connectivity index (χ4n) is 3.02. The number of pyridine rings is 1. The molecule has 2 aromatic rings. The van der Waals surface area contributed by atoms with Gasteiger partial charge in [0, 0.05) is 31.9 Å². The average Bonchev–Trinajstić information content (AvgIpc) is 3.09. The topological polar surface area (TPSA) is 37.4 Å². The second-order valence-electron chi connectivity index (χ2n) is 6.03. The fourth-order valence-corrected chi connectivity index (χ4v) is 3.92. The minimum atomic E-state index is 0.275. The third-order valence-corrected chi connectivity index (χ3v) is 5.45. The maximum absolute atomic E-state index is 5.41. The number of aromatic nitrogens is 1. The first-order valence-corrected chi connectivity index (χ1v) is 9.20. The summed E-state index contributed by atoms with van der Waals surface area (Å²) in [5.74, 6) is 2.09. The highest BCUT2D eigenvalue weighted by atomic mass is 32.1. The van der Waals surface area contributed by atoms with Gasteiger partial charge in [0.2, 0.25) is 0 Å². The number of piperidine rings is 1.